The standard InChI is InChI=1S/C16H27NO3/c1-4-8-13(9-5-2)10-7-11-14(12-17)15(18)16(19)20-6-3/h13-14H,4-11H2,1-3H3. The zero-order valence-electron chi connectivity index (χ0n) is 13.0. The predicted molar refractivity (Wildman–Crippen MR) is 77.9 cm³/mol. The van der Waals surface area contributed by atoms with E-state index in [1.165, 1.54) is 12.8 Å². The summed E-state index contributed by atoms with van der Waals surface area (Å²) in [6, 6.07) is 1.93. The van der Waals surface area contributed by atoms with Gasteiger partial charge in [-0.1, -0.05) is 52.4 Å². The van der Waals surface area contributed by atoms with Crippen LogP contribution in [0.2, 0.25) is 0 Å². The first-order chi connectivity index (χ1) is 9.60. The van der Waals surface area contributed by atoms with Gasteiger partial charge >= 0.3 is 5.97 Å². The smallest absolute Gasteiger partial charge is 0.376 e. The van der Waals surface area contributed by atoms with Crippen molar-refractivity contribution < 1.29 is 14.3 Å². The number of Topliss-reactive ketones (excluding diaryl/α,β-unsaturated/α-hetero) is 1. The van der Waals surface area contributed by atoms with E-state index in [9.17, 15) is 9.59 Å². The number of ether oxygens (including phenoxy) is 1. The lowest BCUT2D eigenvalue weighted by Crippen LogP contribution is -2.25. The molecule has 0 saturated heterocycles. The number of hydrogen-bond acceptors (Lipinski definition) is 4. The van der Waals surface area contributed by atoms with Gasteiger partial charge in [-0.25, -0.2) is 4.79 Å². The van der Waals surface area contributed by atoms with Crippen LogP contribution in [0.3, 0.4) is 0 Å². The van der Waals surface area contributed by atoms with Crippen molar-refractivity contribution in [1.82, 2.24) is 0 Å². The molecule has 0 aromatic carbocycles. The maximum atomic E-state index is 11.7. The molecule has 0 N–H and O–H groups in total. The first-order valence-corrected chi connectivity index (χ1v) is 7.71. The van der Waals surface area contributed by atoms with Crippen LogP contribution < -0.4 is 0 Å². The number of nitrogens with zero attached hydrogens (tertiary/aromatic N) is 1. The molecule has 0 fully saturated rings. The average Bonchev–Trinajstić information content (AvgIpc) is 2.43. The Morgan fingerprint density at radius 3 is 2.10 bits per heavy atom. The highest BCUT2D eigenvalue weighted by atomic mass is 16.5. The molecule has 114 valence electrons. The van der Waals surface area contributed by atoms with Gasteiger partial charge in [0.15, 0.2) is 0 Å². The Bertz CT molecular complexity index is 327. The quantitative estimate of drug-likeness (QED) is 0.428. The lowest BCUT2D eigenvalue weighted by Gasteiger charge is -2.15. The first-order valence-electron chi connectivity index (χ1n) is 7.71. The van der Waals surface area contributed by atoms with Gasteiger partial charge in [0.25, 0.3) is 5.78 Å². The summed E-state index contributed by atoms with van der Waals surface area (Å²) >= 11 is 0. The molecule has 0 aliphatic rings. The van der Waals surface area contributed by atoms with Gasteiger partial charge in [-0.15, -0.1) is 0 Å². The molecule has 0 saturated carbocycles. The van der Waals surface area contributed by atoms with E-state index < -0.39 is 17.7 Å². The van der Waals surface area contributed by atoms with Crippen LogP contribution in [0.1, 0.15) is 65.7 Å². The second kappa shape index (κ2) is 11.5. The van der Waals surface area contributed by atoms with Crippen molar-refractivity contribution in [3.8, 4) is 6.07 Å². The minimum atomic E-state index is -0.877. The van der Waals surface area contributed by atoms with Gasteiger partial charge in [-0.05, 0) is 19.3 Å². The summed E-state index contributed by atoms with van der Waals surface area (Å²) in [5.41, 5.74) is 0. The zero-order chi connectivity index (χ0) is 15.4. The largest absolute Gasteiger partial charge is 0.460 e. The van der Waals surface area contributed by atoms with Crippen molar-refractivity contribution in [1.29, 1.82) is 5.26 Å². The van der Waals surface area contributed by atoms with E-state index in [1.54, 1.807) is 6.92 Å². The minimum Gasteiger partial charge on any atom is -0.460 e. The topological polar surface area (TPSA) is 67.2 Å². The highest BCUT2D eigenvalue weighted by Gasteiger charge is 2.26. The molecule has 0 rings (SSSR count). The molecule has 0 spiro atoms. The summed E-state index contributed by atoms with van der Waals surface area (Å²) in [6.45, 7) is 6.15. The lowest BCUT2D eigenvalue weighted by molar-refractivity contribution is -0.154. The Balaban J connectivity index is 4.21. The fraction of sp³-hybridized carbons (Fsp3) is 0.812. The van der Waals surface area contributed by atoms with Gasteiger partial charge in [-0.2, -0.15) is 5.26 Å². The van der Waals surface area contributed by atoms with Gasteiger partial charge in [0.2, 0.25) is 0 Å². The SMILES string of the molecule is CCCC(CCC)CCCC(C#N)C(=O)C(=O)OCC. The second-order valence-electron chi connectivity index (χ2n) is 5.14. The van der Waals surface area contributed by atoms with E-state index in [4.69, 9.17) is 5.26 Å². The maximum Gasteiger partial charge on any atom is 0.376 e. The van der Waals surface area contributed by atoms with Crippen molar-refractivity contribution in [3.05, 3.63) is 0 Å². The van der Waals surface area contributed by atoms with E-state index in [2.05, 4.69) is 18.6 Å². The van der Waals surface area contributed by atoms with Crippen molar-refractivity contribution in [2.45, 2.75) is 65.7 Å². The molecule has 0 aliphatic carbocycles. The summed E-state index contributed by atoms with van der Waals surface area (Å²) in [6.07, 6.45) is 7.00. The van der Waals surface area contributed by atoms with E-state index in [0.717, 1.165) is 25.7 Å². The van der Waals surface area contributed by atoms with Crippen LogP contribution in [-0.2, 0) is 14.3 Å². The molecule has 1 unspecified atom stereocenters. The molecule has 20 heavy (non-hydrogen) atoms. The van der Waals surface area contributed by atoms with Crippen LogP contribution in [-0.4, -0.2) is 18.4 Å². The highest BCUT2D eigenvalue weighted by molar-refractivity contribution is 6.35. The molecule has 0 aromatic heterocycles. The Morgan fingerprint density at radius 2 is 1.65 bits per heavy atom. The predicted octanol–water partition coefficient (Wildman–Crippen LogP) is 3.65. The van der Waals surface area contributed by atoms with Gasteiger partial charge < -0.3 is 4.74 Å². The number of ketones is 1. The summed E-state index contributed by atoms with van der Waals surface area (Å²) < 4.78 is 4.65. The number of hydrogen-bond donors (Lipinski definition) is 0. The summed E-state index contributed by atoms with van der Waals surface area (Å²) in [5.74, 6) is -1.76. The molecule has 4 heteroatoms. The number of esters is 1. The fourth-order valence-electron chi connectivity index (χ4n) is 2.46. The number of carbonyl (C=O) groups excluding carboxylic acids is 2. The van der Waals surface area contributed by atoms with Crippen LogP contribution in [0.15, 0.2) is 0 Å². The van der Waals surface area contributed by atoms with Gasteiger partial charge in [0.05, 0.1) is 12.7 Å². The third kappa shape index (κ3) is 7.28. The second-order valence-corrected chi connectivity index (χ2v) is 5.14. The summed E-state index contributed by atoms with van der Waals surface area (Å²) in [7, 11) is 0. The third-order valence-corrected chi connectivity index (χ3v) is 3.45. The Morgan fingerprint density at radius 1 is 1.05 bits per heavy atom. The van der Waals surface area contributed by atoms with Crippen molar-refractivity contribution in [2.24, 2.45) is 11.8 Å². The van der Waals surface area contributed by atoms with Crippen molar-refractivity contribution in [2.75, 3.05) is 6.61 Å². The van der Waals surface area contributed by atoms with Crippen LogP contribution in [0.5, 0.6) is 0 Å². The maximum absolute atomic E-state index is 11.7. The molecule has 0 radical (unpaired) electrons. The average molecular weight is 281 g/mol. The Hall–Kier alpha value is -1.37. The van der Waals surface area contributed by atoms with Crippen LogP contribution in [0, 0.1) is 23.2 Å². The van der Waals surface area contributed by atoms with Crippen molar-refractivity contribution in [3.63, 3.8) is 0 Å². The molecule has 0 aromatic rings. The van der Waals surface area contributed by atoms with Gasteiger partial charge in [0.1, 0.15) is 5.92 Å². The number of nitriles is 1. The van der Waals surface area contributed by atoms with E-state index in [0.29, 0.717) is 12.3 Å². The fourth-order valence-corrected chi connectivity index (χ4v) is 2.46. The van der Waals surface area contributed by atoms with E-state index in [1.807, 2.05) is 6.07 Å². The molecule has 0 aliphatic heterocycles. The third-order valence-electron chi connectivity index (χ3n) is 3.45. The van der Waals surface area contributed by atoms with Gasteiger partial charge in [0, 0.05) is 0 Å². The minimum absolute atomic E-state index is 0.164. The van der Waals surface area contributed by atoms with E-state index >= 15 is 0 Å². The highest BCUT2D eigenvalue weighted by Crippen LogP contribution is 2.22. The van der Waals surface area contributed by atoms with Crippen LogP contribution in [0.25, 0.3) is 0 Å². The van der Waals surface area contributed by atoms with Crippen LogP contribution in [0.4, 0.5) is 0 Å². The molecule has 4 nitrogen and oxygen atoms in total. The molecule has 0 heterocycles. The first kappa shape index (κ1) is 18.6. The lowest BCUT2D eigenvalue weighted by atomic mass is 9.90. The molecule has 0 bridgehead atoms. The number of carbonyl (C=O) groups is 2. The Labute approximate surface area is 122 Å². The molecule has 1 atom stereocenters. The van der Waals surface area contributed by atoms with Gasteiger partial charge in [-0.3, -0.25) is 4.79 Å². The van der Waals surface area contributed by atoms with Crippen molar-refractivity contribution >= 4 is 11.8 Å². The van der Waals surface area contributed by atoms with Crippen LogP contribution >= 0.6 is 0 Å². The Kier molecular flexibility index (Phi) is 10.7. The number of rotatable bonds is 11. The molecule has 0 amide bonds. The monoisotopic (exact) mass is 281 g/mol. The normalized spacial score (nSPS) is 11.9. The summed E-state index contributed by atoms with van der Waals surface area (Å²) in [5, 5.41) is 9.01. The summed E-state index contributed by atoms with van der Waals surface area (Å²) in [4.78, 5) is 23.0. The zero-order valence-corrected chi connectivity index (χ0v) is 13.0. The molecular formula is C16H27NO3. The van der Waals surface area contributed by atoms with E-state index in [-0.39, 0.29) is 6.61 Å². The molecular weight excluding hydrogens is 254 g/mol.